The maximum absolute atomic E-state index is 12.9. The van der Waals surface area contributed by atoms with E-state index in [1.165, 1.54) is 6.92 Å². The van der Waals surface area contributed by atoms with Gasteiger partial charge in [-0.1, -0.05) is 11.6 Å². The van der Waals surface area contributed by atoms with Crippen molar-refractivity contribution in [2.75, 3.05) is 0 Å². The number of carboxylic acids is 1. The van der Waals surface area contributed by atoms with E-state index >= 15 is 0 Å². The van der Waals surface area contributed by atoms with E-state index in [0.717, 1.165) is 19.9 Å². The molecule has 0 saturated carbocycles. The number of carboxylic acid groups (broad SMARTS) is 1. The predicted octanol–water partition coefficient (Wildman–Crippen LogP) is 3.58. The van der Waals surface area contributed by atoms with Crippen molar-refractivity contribution in [3.63, 3.8) is 0 Å². The fourth-order valence-electron chi connectivity index (χ4n) is 1.37. The SMILES string of the molecule is Cc1nc(C(C)(C)C(F)(F)F)c(Cl)cc1C(=O)O. The fourth-order valence-corrected chi connectivity index (χ4v) is 1.76. The summed E-state index contributed by atoms with van der Waals surface area (Å²) >= 11 is 5.71. The lowest BCUT2D eigenvalue weighted by Crippen LogP contribution is -2.37. The van der Waals surface area contributed by atoms with E-state index < -0.39 is 17.6 Å². The number of halogens is 4. The molecule has 1 rings (SSSR count). The quantitative estimate of drug-likeness (QED) is 0.901. The third-order valence-corrected chi connectivity index (χ3v) is 2.99. The van der Waals surface area contributed by atoms with Crippen molar-refractivity contribution in [2.24, 2.45) is 0 Å². The molecule has 0 saturated heterocycles. The van der Waals surface area contributed by atoms with Crippen LogP contribution in [0.15, 0.2) is 6.07 Å². The minimum atomic E-state index is -4.53. The Kier molecular flexibility index (Phi) is 3.63. The van der Waals surface area contributed by atoms with E-state index in [4.69, 9.17) is 16.7 Å². The van der Waals surface area contributed by atoms with Crippen molar-refractivity contribution in [3.05, 3.63) is 28.0 Å². The Morgan fingerprint density at radius 1 is 1.39 bits per heavy atom. The highest BCUT2D eigenvalue weighted by Crippen LogP contribution is 2.42. The van der Waals surface area contributed by atoms with E-state index in [0.29, 0.717) is 0 Å². The minimum absolute atomic E-state index is 0.000718. The van der Waals surface area contributed by atoms with E-state index in [2.05, 4.69) is 4.98 Å². The van der Waals surface area contributed by atoms with Gasteiger partial charge in [0.15, 0.2) is 0 Å². The monoisotopic (exact) mass is 281 g/mol. The molecule has 0 atom stereocenters. The molecule has 1 heterocycles. The molecule has 0 bridgehead atoms. The van der Waals surface area contributed by atoms with Gasteiger partial charge in [0.05, 0.1) is 22.0 Å². The van der Waals surface area contributed by atoms with Crippen LogP contribution in [-0.2, 0) is 5.41 Å². The van der Waals surface area contributed by atoms with Crippen molar-refractivity contribution in [1.82, 2.24) is 4.98 Å². The molecule has 0 aromatic carbocycles. The van der Waals surface area contributed by atoms with Crippen LogP contribution in [0.3, 0.4) is 0 Å². The van der Waals surface area contributed by atoms with Gasteiger partial charge in [0.1, 0.15) is 5.41 Å². The Hall–Kier alpha value is -1.30. The summed E-state index contributed by atoms with van der Waals surface area (Å²) in [5.41, 5.74) is -2.83. The third-order valence-electron chi connectivity index (χ3n) is 2.70. The first-order valence-electron chi connectivity index (χ1n) is 4.96. The number of hydrogen-bond donors (Lipinski definition) is 1. The zero-order valence-electron chi connectivity index (χ0n) is 9.89. The number of rotatable bonds is 2. The number of aromatic nitrogens is 1. The van der Waals surface area contributed by atoms with Crippen LogP contribution >= 0.6 is 11.6 Å². The van der Waals surface area contributed by atoms with Crippen LogP contribution in [0.5, 0.6) is 0 Å². The Morgan fingerprint density at radius 3 is 2.28 bits per heavy atom. The smallest absolute Gasteiger partial charge is 0.399 e. The first-order valence-corrected chi connectivity index (χ1v) is 5.34. The second kappa shape index (κ2) is 4.42. The number of pyridine rings is 1. The largest absolute Gasteiger partial charge is 0.478 e. The van der Waals surface area contributed by atoms with Gasteiger partial charge >= 0.3 is 12.1 Å². The lowest BCUT2D eigenvalue weighted by atomic mass is 9.87. The van der Waals surface area contributed by atoms with Crippen LogP contribution in [0.4, 0.5) is 13.2 Å². The molecule has 0 aliphatic carbocycles. The third kappa shape index (κ3) is 2.43. The summed E-state index contributed by atoms with van der Waals surface area (Å²) in [5.74, 6) is -1.28. The van der Waals surface area contributed by atoms with Gasteiger partial charge in [-0.15, -0.1) is 0 Å². The molecule has 3 nitrogen and oxygen atoms in total. The van der Waals surface area contributed by atoms with Crippen molar-refractivity contribution in [3.8, 4) is 0 Å². The van der Waals surface area contributed by atoms with Crippen LogP contribution in [0.2, 0.25) is 5.02 Å². The van der Waals surface area contributed by atoms with Crippen LogP contribution in [0.1, 0.15) is 35.6 Å². The Bertz CT molecular complexity index is 498. The normalized spacial score (nSPS) is 12.6. The Morgan fingerprint density at radius 2 is 1.89 bits per heavy atom. The number of aromatic carboxylic acids is 1. The van der Waals surface area contributed by atoms with E-state index in [1.54, 1.807) is 0 Å². The van der Waals surface area contributed by atoms with Crippen LogP contribution < -0.4 is 0 Å². The molecule has 100 valence electrons. The van der Waals surface area contributed by atoms with Gasteiger partial charge in [0.25, 0.3) is 0 Å². The summed E-state index contributed by atoms with van der Waals surface area (Å²) in [4.78, 5) is 14.5. The summed E-state index contributed by atoms with van der Waals surface area (Å²) in [6.45, 7) is 3.22. The first kappa shape index (κ1) is 14.8. The lowest BCUT2D eigenvalue weighted by molar-refractivity contribution is -0.181. The zero-order chi connectivity index (χ0) is 14.3. The number of aryl methyl sites for hydroxylation is 1. The zero-order valence-corrected chi connectivity index (χ0v) is 10.6. The molecule has 0 radical (unpaired) electrons. The highest BCUT2D eigenvalue weighted by Gasteiger charge is 2.50. The molecule has 0 aliphatic heterocycles. The molecule has 1 aromatic rings. The van der Waals surface area contributed by atoms with Gasteiger partial charge in [0, 0.05) is 0 Å². The predicted molar refractivity (Wildman–Crippen MR) is 60.0 cm³/mol. The summed E-state index contributed by atoms with van der Waals surface area (Å²) in [6, 6.07) is 0.995. The molecule has 0 unspecified atom stereocenters. The number of nitrogens with zero attached hydrogens (tertiary/aromatic N) is 1. The maximum atomic E-state index is 12.9. The van der Waals surface area contributed by atoms with E-state index in [9.17, 15) is 18.0 Å². The highest BCUT2D eigenvalue weighted by molar-refractivity contribution is 6.31. The number of carbonyl (C=O) groups is 1. The molecule has 18 heavy (non-hydrogen) atoms. The first-order chi connectivity index (χ1) is 7.98. The average molecular weight is 282 g/mol. The number of hydrogen-bond acceptors (Lipinski definition) is 2. The highest BCUT2D eigenvalue weighted by atomic mass is 35.5. The maximum Gasteiger partial charge on any atom is 0.399 e. The lowest BCUT2D eigenvalue weighted by Gasteiger charge is -2.28. The second-order valence-electron chi connectivity index (χ2n) is 4.38. The molecule has 0 aliphatic rings. The van der Waals surface area contributed by atoms with E-state index in [-0.39, 0.29) is 22.0 Å². The van der Waals surface area contributed by atoms with Crippen molar-refractivity contribution in [1.29, 1.82) is 0 Å². The topological polar surface area (TPSA) is 50.2 Å². The number of alkyl halides is 3. The average Bonchev–Trinajstić information content (AvgIpc) is 2.18. The molecule has 0 fully saturated rings. The molecular formula is C11H11ClF3NO2. The standard InChI is InChI=1S/C11H11ClF3NO2/c1-5-6(9(17)18)4-7(12)8(16-5)10(2,3)11(13,14)15/h4H,1-3H3,(H,17,18). The van der Waals surface area contributed by atoms with Gasteiger partial charge in [-0.25, -0.2) is 4.79 Å². The summed E-state index contributed by atoms with van der Waals surface area (Å²) in [7, 11) is 0. The summed E-state index contributed by atoms with van der Waals surface area (Å²) in [5, 5.41) is 8.52. The Labute approximate surface area is 107 Å². The molecule has 1 aromatic heterocycles. The van der Waals surface area contributed by atoms with Gasteiger partial charge in [-0.3, -0.25) is 4.98 Å². The summed E-state index contributed by atoms with van der Waals surface area (Å²) in [6.07, 6.45) is -4.53. The van der Waals surface area contributed by atoms with Gasteiger partial charge < -0.3 is 5.11 Å². The fraction of sp³-hybridized carbons (Fsp3) is 0.455. The van der Waals surface area contributed by atoms with Gasteiger partial charge in [0.2, 0.25) is 0 Å². The summed E-state index contributed by atoms with van der Waals surface area (Å²) < 4.78 is 38.6. The van der Waals surface area contributed by atoms with Gasteiger partial charge in [-0.05, 0) is 26.8 Å². The van der Waals surface area contributed by atoms with Crippen molar-refractivity contribution >= 4 is 17.6 Å². The van der Waals surface area contributed by atoms with Crippen molar-refractivity contribution in [2.45, 2.75) is 32.4 Å². The molecule has 1 N–H and O–H groups in total. The second-order valence-corrected chi connectivity index (χ2v) is 4.79. The molecular weight excluding hydrogens is 271 g/mol. The molecule has 0 amide bonds. The van der Waals surface area contributed by atoms with Crippen LogP contribution in [0.25, 0.3) is 0 Å². The van der Waals surface area contributed by atoms with Crippen LogP contribution in [0, 0.1) is 6.92 Å². The molecule has 7 heteroatoms. The molecule has 0 spiro atoms. The van der Waals surface area contributed by atoms with E-state index in [1.807, 2.05) is 0 Å². The van der Waals surface area contributed by atoms with Crippen LogP contribution in [-0.4, -0.2) is 22.2 Å². The van der Waals surface area contributed by atoms with Gasteiger partial charge in [-0.2, -0.15) is 13.2 Å². The Balaban J connectivity index is 3.46. The minimum Gasteiger partial charge on any atom is -0.478 e. The van der Waals surface area contributed by atoms with Crippen molar-refractivity contribution < 1.29 is 23.1 Å².